The molecule has 0 unspecified atom stereocenters. The molecule has 114 valence electrons. The zero-order valence-corrected chi connectivity index (χ0v) is 13.4. The van der Waals surface area contributed by atoms with E-state index < -0.39 is 0 Å². The number of hydrogen-bond acceptors (Lipinski definition) is 1. The second kappa shape index (κ2) is 8.84. The molecule has 0 saturated heterocycles. The Morgan fingerprint density at radius 3 is 2.33 bits per heavy atom. The van der Waals surface area contributed by atoms with E-state index in [9.17, 15) is 0 Å². The molecule has 0 N–H and O–H groups in total. The Bertz CT molecular complexity index is 447. The quantitative estimate of drug-likeness (QED) is 0.486. The van der Waals surface area contributed by atoms with Gasteiger partial charge in [0.15, 0.2) is 0 Å². The average Bonchev–Trinajstić information content (AvgIpc) is 2.53. The van der Waals surface area contributed by atoms with Crippen LogP contribution in [0.1, 0.15) is 56.6 Å². The monoisotopic (exact) mass is 284 g/mol. The second-order valence-electron chi connectivity index (χ2n) is 5.96. The highest BCUT2D eigenvalue weighted by Gasteiger charge is 2.20. The van der Waals surface area contributed by atoms with Gasteiger partial charge in [0.2, 0.25) is 0 Å². The topological polar surface area (TPSA) is 9.23 Å². The van der Waals surface area contributed by atoms with Gasteiger partial charge in [0.05, 0.1) is 13.2 Å². The zero-order valence-electron chi connectivity index (χ0n) is 13.4. The third kappa shape index (κ3) is 5.17. The molecule has 0 amide bonds. The Balaban J connectivity index is 1.82. The van der Waals surface area contributed by atoms with Gasteiger partial charge in [-0.05, 0) is 62.5 Å². The minimum atomic E-state index is 0.702. The Labute approximate surface area is 129 Å². The molecular formula is C20H28O. The van der Waals surface area contributed by atoms with Crippen LogP contribution in [0, 0.1) is 5.92 Å². The molecule has 0 heterocycles. The van der Waals surface area contributed by atoms with Crippen LogP contribution in [0.15, 0.2) is 48.6 Å². The summed E-state index contributed by atoms with van der Waals surface area (Å²) in [7, 11) is 0. The molecule has 1 nitrogen and oxygen atoms in total. The lowest BCUT2D eigenvalue weighted by atomic mass is 9.78. The first-order valence-corrected chi connectivity index (χ1v) is 8.24. The third-order valence-corrected chi connectivity index (χ3v) is 4.41. The molecule has 0 bridgehead atoms. The third-order valence-electron chi connectivity index (χ3n) is 4.41. The minimum Gasteiger partial charge on any atom is -0.373 e. The van der Waals surface area contributed by atoms with Crippen molar-refractivity contribution in [3.8, 4) is 0 Å². The fourth-order valence-electron chi connectivity index (χ4n) is 3.14. The van der Waals surface area contributed by atoms with Gasteiger partial charge in [-0.3, -0.25) is 0 Å². The summed E-state index contributed by atoms with van der Waals surface area (Å²) in [6.45, 7) is 5.55. The molecular weight excluding hydrogens is 256 g/mol. The summed E-state index contributed by atoms with van der Waals surface area (Å²) in [6.07, 6.45) is 14.0. The van der Waals surface area contributed by atoms with E-state index in [-0.39, 0.29) is 0 Å². The minimum absolute atomic E-state index is 0.702. The van der Waals surface area contributed by atoms with Crippen LogP contribution in [0.25, 0.3) is 0 Å². The predicted molar refractivity (Wildman–Crippen MR) is 90.4 cm³/mol. The van der Waals surface area contributed by atoms with Crippen LogP contribution in [0.5, 0.6) is 0 Å². The lowest BCUT2D eigenvalue weighted by Gasteiger charge is -2.27. The highest BCUT2D eigenvalue weighted by molar-refractivity contribution is 5.25. The average molecular weight is 284 g/mol. The van der Waals surface area contributed by atoms with E-state index in [1.54, 1.807) is 0 Å². The van der Waals surface area contributed by atoms with Crippen molar-refractivity contribution in [1.29, 1.82) is 0 Å². The largest absolute Gasteiger partial charge is 0.373 e. The maximum atomic E-state index is 5.59. The first kappa shape index (κ1) is 16.0. The van der Waals surface area contributed by atoms with Gasteiger partial charge in [0, 0.05) is 0 Å². The van der Waals surface area contributed by atoms with Crippen molar-refractivity contribution in [1.82, 2.24) is 0 Å². The molecule has 1 fully saturated rings. The van der Waals surface area contributed by atoms with Gasteiger partial charge >= 0.3 is 0 Å². The van der Waals surface area contributed by atoms with Crippen LogP contribution in [-0.2, 0) is 11.3 Å². The first-order valence-electron chi connectivity index (χ1n) is 8.24. The number of allylic oxidation sites excluding steroid dienone is 3. The van der Waals surface area contributed by atoms with E-state index >= 15 is 0 Å². The van der Waals surface area contributed by atoms with Crippen LogP contribution in [0.2, 0.25) is 0 Å². The summed E-state index contributed by atoms with van der Waals surface area (Å²) in [5.74, 6) is 1.56. The van der Waals surface area contributed by atoms with Gasteiger partial charge < -0.3 is 4.74 Å². The Morgan fingerprint density at radius 2 is 1.71 bits per heavy atom. The Hall–Kier alpha value is -1.34. The van der Waals surface area contributed by atoms with Crippen molar-refractivity contribution in [2.45, 2.75) is 52.1 Å². The molecule has 0 radical (unpaired) electrons. The van der Waals surface area contributed by atoms with Crippen LogP contribution in [-0.4, -0.2) is 6.61 Å². The maximum Gasteiger partial charge on any atom is 0.0721 e. The molecule has 0 spiro atoms. The summed E-state index contributed by atoms with van der Waals surface area (Å²) in [4.78, 5) is 0. The maximum absolute atomic E-state index is 5.59. The molecule has 0 aromatic heterocycles. The molecule has 1 aromatic carbocycles. The van der Waals surface area contributed by atoms with Gasteiger partial charge in [-0.25, -0.2) is 0 Å². The number of rotatable bonds is 6. The molecule has 1 saturated carbocycles. The number of ether oxygens (including phenoxy) is 1. The molecule has 2 rings (SSSR count). The highest BCUT2D eigenvalue weighted by Crippen LogP contribution is 2.36. The Morgan fingerprint density at radius 1 is 1.00 bits per heavy atom. The molecule has 1 heteroatoms. The van der Waals surface area contributed by atoms with Crippen molar-refractivity contribution in [2.24, 2.45) is 5.92 Å². The molecule has 21 heavy (non-hydrogen) atoms. The summed E-state index contributed by atoms with van der Waals surface area (Å²) in [5, 5.41) is 0. The zero-order chi connectivity index (χ0) is 14.9. The molecule has 1 aliphatic carbocycles. The summed E-state index contributed by atoms with van der Waals surface area (Å²) >= 11 is 0. The fourth-order valence-corrected chi connectivity index (χ4v) is 3.14. The molecule has 1 aromatic rings. The summed E-state index contributed by atoms with van der Waals surface area (Å²) < 4.78 is 5.59. The van der Waals surface area contributed by atoms with Crippen LogP contribution >= 0.6 is 0 Å². The highest BCUT2D eigenvalue weighted by atomic mass is 16.5. The SMILES string of the molecule is CC=CCOCc1ccc(C2CCC(/C=C/C)CC2)cc1. The Kier molecular flexibility index (Phi) is 6.75. The van der Waals surface area contributed by atoms with Crippen molar-refractivity contribution in [3.05, 3.63) is 59.7 Å². The van der Waals surface area contributed by atoms with E-state index in [0.29, 0.717) is 13.2 Å². The van der Waals surface area contributed by atoms with E-state index in [1.807, 2.05) is 19.1 Å². The molecule has 0 aliphatic heterocycles. The summed E-state index contributed by atoms with van der Waals surface area (Å²) in [5.41, 5.74) is 2.77. The lowest BCUT2D eigenvalue weighted by Crippen LogP contribution is -2.11. The lowest BCUT2D eigenvalue weighted by molar-refractivity contribution is 0.148. The first-order chi connectivity index (χ1) is 10.3. The number of hydrogen-bond donors (Lipinski definition) is 0. The van der Waals surface area contributed by atoms with E-state index in [1.165, 1.54) is 36.8 Å². The van der Waals surface area contributed by atoms with E-state index in [4.69, 9.17) is 4.74 Å². The van der Waals surface area contributed by atoms with E-state index in [0.717, 1.165) is 11.8 Å². The van der Waals surface area contributed by atoms with Crippen molar-refractivity contribution >= 4 is 0 Å². The fraction of sp³-hybridized carbons (Fsp3) is 0.500. The van der Waals surface area contributed by atoms with Gasteiger partial charge in [0.1, 0.15) is 0 Å². The number of benzene rings is 1. The second-order valence-corrected chi connectivity index (χ2v) is 5.96. The van der Waals surface area contributed by atoms with Crippen LogP contribution in [0.3, 0.4) is 0 Å². The smallest absolute Gasteiger partial charge is 0.0721 e. The van der Waals surface area contributed by atoms with Gasteiger partial charge in [0.25, 0.3) is 0 Å². The summed E-state index contributed by atoms with van der Waals surface area (Å²) in [6, 6.07) is 9.05. The standard InChI is InChI=1S/C20H28O/c1-3-5-15-21-16-18-9-13-20(14-10-18)19-11-7-17(6-4-2)8-12-19/h3-6,9-10,13-14,17,19H,7-8,11-12,15-16H2,1-2H3/b5-3?,6-4+. The van der Waals surface area contributed by atoms with Crippen molar-refractivity contribution in [3.63, 3.8) is 0 Å². The van der Waals surface area contributed by atoms with Crippen molar-refractivity contribution in [2.75, 3.05) is 6.61 Å². The van der Waals surface area contributed by atoms with Crippen LogP contribution in [0.4, 0.5) is 0 Å². The van der Waals surface area contributed by atoms with Crippen molar-refractivity contribution < 1.29 is 4.74 Å². The van der Waals surface area contributed by atoms with Gasteiger partial charge in [-0.1, -0.05) is 48.6 Å². The predicted octanol–water partition coefficient (Wildman–Crippen LogP) is 5.63. The molecule has 0 atom stereocenters. The van der Waals surface area contributed by atoms with Gasteiger partial charge in [-0.15, -0.1) is 0 Å². The van der Waals surface area contributed by atoms with Gasteiger partial charge in [-0.2, -0.15) is 0 Å². The normalized spacial score (nSPS) is 23.1. The molecule has 1 aliphatic rings. The van der Waals surface area contributed by atoms with E-state index in [2.05, 4.69) is 43.3 Å². The van der Waals surface area contributed by atoms with Crippen LogP contribution < -0.4 is 0 Å².